The summed E-state index contributed by atoms with van der Waals surface area (Å²) in [6.07, 6.45) is 0.454. The number of methoxy groups -OCH3 is 2. The Labute approximate surface area is 109 Å². The van der Waals surface area contributed by atoms with Crippen LogP contribution in [0, 0.1) is 0 Å². The zero-order valence-electron chi connectivity index (χ0n) is 10.1. The van der Waals surface area contributed by atoms with Gasteiger partial charge < -0.3 is 9.47 Å². The highest BCUT2D eigenvalue weighted by Crippen LogP contribution is 2.30. The highest BCUT2D eigenvalue weighted by atomic mass is 32.2. The second-order valence-corrected chi connectivity index (χ2v) is 4.94. The largest absolute Gasteiger partial charge is 0.497 e. The number of nitrogens with one attached hydrogen (secondary N) is 1. The molecule has 1 aliphatic rings. The molecule has 6 heteroatoms. The van der Waals surface area contributed by atoms with E-state index in [0.717, 1.165) is 17.3 Å². The van der Waals surface area contributed by atoms with E-state index >= 15 is 0 Å². The highest BCUT2D eigenvalue weighted by Gasteiger charge is 2.32. The van der Waals surface area contributed by atoms with E-state index in [1.807, 2.05) is 6.07 Å². The third-order valence-corrected chi connectivity index (χ3v) is 3.65. The van der Waals surface area contributed by atoms with E-state index in [-0.39, 0.29) is 16.4 Å². The van der Waals surface area contributed by atoms with Gasteiger partial charge in [0.1, 0.15) is 11.5 Å². The average molecular weight is 267 g/mol. The van der Waals surface area contributed by atoms with Gasteiger partial charge in [-0.15, -0.1) is 0 Å². The molecular formula is C12H13NO4S. The second kappa shape index (κ2) is 5.30. The van der Waals surface area contributed by atoms with Gasteiger partial charge in [-0.25, -0.2) is 0 Å². The van der Waals surface area contributed by atoms with E-state index in [1.165, 1.54) is 0 Å². The van der Waals surface area contributed by atoms with Crippen LogP contribution in [0.25, 0.3) is 0 Å². The predicted molar refractivity (Wildman–Crippen MR) is 68.2 cm³/mol. The molecule has 2 amide bonds. The van der Waals surface area contributed by atoms with Gasteiger partial charge in [0.2, 0.25) is 5.91 Å². The topological polar surface area (TPSA) is 64.6 Å². The van der Waals surface area contributed by atoms with E-state index < -0.39 is 0 Å². The molecule has 0 bridgehead atoms. The molecule has 0 radical (unpaired) electrons. The molecule has 0 aliphatic carbocycles. The fourth-order valence-electron chi connectivity index (χ4n) is 1.75. The summed E-state index contributed by atoms with van der Waals surface area (Å²) in [6.45, 7) is 0. The second-order valence-electron chi connectivity index (χ2n) is 3.77. The van der Waals surface area contributed by atoms with Crippen LogP contribution in [0.4, 0.5) is 4.79 Å². The van der Waals surface area contributed by atoms with Crippen molar-refractivity contribution < 1.29 is 19.1 Å². The molecule has 1 heterocycles. The van der Waals surface area contributed by atoms with E-state index in [1.54, 1.807) is 26.4 Å². The maximum atomic E-state index is 11.5. The lowest BCUT2D eigenvalue weighted by Crippen LogP contribution is -2.25. The summed E-state index contributed by atoms with van der Waals surface area (Å²) in [6, 6.07) is 5.40. The first-order chi connectivity index (χ1) is 8.63. The lowest BCUT2D eigenvalue weighted by Gasteiger charge is -2.11. The van der Waals surface area contributed by atoms with E-state index in [4.69, 9.17) is 9.47 Å². The smallest absolute Gasteiger partial charge is 0.286 e. The molecule has 1 aromatic rings. The molecular weight excluding hydrogens is 254 g/mol. The van der Waals surface area contributed by atoms with Crippen molar-refractivity contribution in [3.05, 3.63) is 23.8 Å². The van der Waals surface area contributed by atoms with Crippen LogP contribution in [0.15, 0.2) is 18.2 Å². The molecule has 0 spiro atoms. The van der Waals surface area contributed by atoms with Gasteiger partial charge in [-0.05, 0) is 18.1 Å². The molecule has 0 saturated carbocycles. The maximum Gasteiger partial charge on any atom is 0.286 e. The molecule has 96 valence electrons. The third kappa shape index (κ3) is 2.59. The molecule has 18 heavy (non-hydrogen) atoms. The zero-order valence-corrected chi connectivity index (χ0v) is 10.9. The number of hydrogen-bond donors (Lipinski definition) is 1. The first kappa shape index (κ1) is 12.8. The summed E-state index contributed by atoms with van der Waals surface area (Å²) in [5, 5.41) is 1.58. The molecule has 1 aromatic carbocycles. The van der Waals surface area contributed by atoms with E-state index in [0.29, 0.717) is 17.9 Å². The fourth-order valence-corrected chi connectivity index (χ4v) is 2.59. The van der Waals surface area contributed by atoms with Gasteiger partial charge in [0, 0.05) is 6.07 Å². The lowest BCUT2D eigenvalue weighted by molar-refractivity contribution is -0.118. The molecule has 1 atom stereocenters. The average Bonchev–Trinajstić information content (AvgIpc) is 2.68. The van der Waals surface area contributed by atoms with Gasteiger partial charge in [-0.2, -0.15) is 0 Å². The van der Waals surface area contributed by atoms with Crippen LogP contribution in [0.3, 0.4) is 0 Å². The predicted octanol–water partition coefficient (Wildman–Crippen LogP) is 1.60. The Morgan fingerprint density at radius 2 is 2.06 bits per heavy atom. The molecule has 1 N–H and O–H groups in total. The van der Waals surface area contributed by atoms with Crippen molar-refractivity contribution in [2.75, 3.05) is 14.2 Å². The van der Waals surface area contributed by atoms with Crippen LogP contribution in [0.2, 0.25) is 0 Å². The Morgan fingerprint density at radius 3 is 2.61 bits per heavy atom. The lowest BCUT2D eigenvalue weighted by atomic mass is 10.1. The quantitative estimate of drug-likeness (QED) is 0.897. The van der Waals surface area contributed by atoms with Gasteiger partial charge in [-0.1, -0.05) is 17.8 Å². The molecule has 5 nitrogen and oxygen atoms in total. The van der Waals surface area contributed by atoms with Gasteiger partial charge in [0.05, 0.1) is 19.5 Å². The Morgan fingerprint density at radius 1 is 1.28 bits per heavy atom. The van der Waals surface area contributed by atoms with Crippen molar-refractivity contribution in [3.8, 4) is 11.5 Å². The molecule has 1 unspecified atom stereocenters. The summed E-state index contributed by atoms with van der Waals surface area (Å²) >= 11 is 1.01. The minimum absolute atomic E-state index is 0.247. The normalized spacial score (nSPS) is 18.7. The summed E-state index contributed by atoms with van der Waals surface area (Å²) in [5.41, 5.74) is 0.876. The van der Waals surface area contributed by atoms with Crippen LogP contribution in [-0.4, -0.2) is 30.6 Å². The number of ether oxygens (including phenoxy) is 2. The Hall–Kier alpha value is -1.69. The van der Waals surface area contributed by atoms with Crippen LogP contribution in [-0.2, 0) is 11.2 Å². The monoisotopic (exact) mass is 267 g/mol. The number of rotatable bonds is 4. The molecule has 1 aliphatic heterocycles. The van der Waals surface area contributed by atoms with Gasteiger partial charge in [0.15, 0.2) is 0 Å². The Balaban J connectivity index is 2.18. The number of thioether (sulfide) groups is 1. The van der Waals surface area contributed by atoms with Gasteiger partial charge >= 0.3 is 0 Å². The van der Waals surface area contributed by atoms with Crippen molar-refractivity contribution >= 4 is 22.9 Å². The minimum atomic E-state index is -0.389. The third-order valence-electron chi connectivity index (χ3n) is 2.67. The summed E-state index contributed by atoms with van der Waals surface area (Å²) in [5.74, 6) is 1.10. The van der Waals surface area contributed by atoms with Crippen LogP contribution >= 0.6 is 11.8 Å². The van der Waals surface area contributed by atoms with Gasteiger partial charge in [-0.3, -0.25) is 14.9 Å². The van der Waals surface area contributed by atoms with Crippen LogP contribution < -0.4 is 14.8 Å². The number of hydrogen-bond acceptors (Lipinski definition) is 5. The van der Waals surface area contributed by atoms with Crippen molar-refractivity contribution in [2.45, 2.75) is 11.7 Å². The number of benzene rings is 1. The van der Waals surface area contributed by atoms with Crippen LogP contribution in [0.5, 0.6) is 11.5 Å². The van der Waals surface area contributed by atoms with Crippen molar-refractivity contribution in [2.24, 2.45) is 0 Å². The number of imide groups is 1. The first-order valence-electron chi connectivity index (χ1n) is 5.36. The number of carbonyl (C=O) groups excluding carboxylic acids is 2. The minimum Gasteiger partial charge on any atom is -0.497 e. The Bertz CT molecular complexity index is 489. The summed E-state index contributed by atoms with van der Waals surface area (Å²) in [4.78, 5) is 22.6. The van der Waals surface area contributed by atoms with Crippen molar-refractivity contribution in [3.63, 3.8) is 0 Å². The maximum absolute atomic E-state index is 11.5. The SMILES string of the molecule is COc1ccc(CC2SC(=O)NC2=O)c(OC)c1. The highest BCUT2D eigenvalue weighted by molar-refractivity contribution is 8.15. The van der Waals surface area contributed by atoms with Crippen molar-refractivity contribution in [1.82, 2.24) is 5.32 Å². The Kier molecular flexibility index (Phi) is 3.76. The van der Waals surface area contributed by atoms with Gasteiger partial charge in [0.25, 0.3) is 5.24 Å². The van der Waals surface area contributed by atoms with E-state index in [2.05, 4.69) is 5.32 Å². The standard InChI is InChI=1S/C12H13NO4S/c1-16-8-4-3-7(9(6-8)17-2)5-10-11(14)13-12(15)18-10/h3-4,6,10H,5H2,1-2H3,(H,13,14,15). The molecule has 1 fully saturated rings. The zero-order chi connectivity index (χ0) is 13.1. The van der Waals surface area contributed by atoms with Crippen molar-refractivity contribution in [1.29, 1.82) is 0 Å². The summed E-state index contributed by atoms with van der Waals surface area (Å²) < 4.78 is 10.4. The van der Waals surface area contributed by atoms with E-state index in [9.17, 15) is 9.59 Å². The molecule has 0 aromatic heterocycles. The first-order valence-corrected chi connectivity index (χ1v) is 6.24. The number of carbonyl (C=O) groups is 2. The summed E-state index contributed by atoms with van der Waals surface area (Å²) in [7, 11) is 3.14. The molecule has 2 rings (SSSR count). The molecule has 1 saturated heterocycles. The fraction of sp³-hybridized carbons (Fsp3) is 0.333. The number of amides is 2. The van der Waals surface area contributed by atoms with Crippen LogP contribution in [0.1, 0.15) is 5.56 Å².